The lowest BCUT2D eigenvalue weighted by Crippen LogP contribution is -2.17. The van der Waals surface area contributed by atoms with Crippen molar-refractivity contribution in [1.29, 1.82) is 0 Å². The highest BCUT2D eigenvalue weighted by molar-refractivity contribution is 5.54. The van der Waals surface area contributed by atoms with Gasteiger partial charge in [0.1, 0.15) is 17.8 Å². The first-order chi connectivity index (χ1) is 12.7. The molecule has 0 atom stereocenters. The summed E-state index contributed by atoms with van der Waals surface area (Å²) in [5, 5.41) is 0. The first kappa shape index (κ1) is 18.0. The number of oxazole rings is 1. The van der Waals surface area contributed by atoms with Crippen LogP contribution in [0, 0.1) is 0 Å². The van der Waals surface area contributed by atoms with Gasteiger partial charge in [-0.2, -0.15) is 0 Å². The Kier molecular flexibility index (Phi) is 5.92. The Bertz CT molecular complexity index is 810. The maximum atomic E-state index is 5.62. The summed E-state index contributed by atoms with van der Waals surface area (Å²) in [6.07, 6.45) is 1.72. The van der Waals surface area contributed by atoms with Gasteiger partial charge in [-0.25, -0.2) is 4.98 Å². The van der Waals surface area contributed by atoms with Crippen LogP contribution >= 0.6 is 0 Å². The molecule has 26 heavy (non-hydrogen) atoms. The van der Waals surface area contributed by atoms with Crippen LogP contribution in [0.1, 0.15) is 18.2 Å². The summed E-state index contributed by atoms with van der Waals surface area (Å²) in [5.41, 5.74) is 3.07. The van der Waals surface area contributed by atoms with Crippen molar-refractivity contribution in [1.82, 2.24) is 9.88 Å². The molecule has 0 unspecified atom stereocenters. The first-order valence-electron chi connectivity index (χ1n) is 8.67. The number of hydrogen-bond donors (Lipinski definition) is 0. The Morgan fingerprint density at radius 2 is 1.65 bits per heavy atom. The minimum atomic E-state index is 0.622. The molecule has 0 aliphatic carbocycles. The molecular weight excluding hydrogens is 328 g/mol. The zero-order valence-corrected chi connectivity index (χ0v) is 15.4. The van der Waals surface area contributed by atoms with E-state index in [9.17, 15) is 0 Å². The van der Waals surface area contributed by atoms with Crippen LogP contribution in [0.15, 0.2) is 59.2 Å². The Balaban J connectivity index is 1.59. The lowest BCUT2D eigenvalue weighted by atomic mass is 10.2. The maximum absolute atomic E-state index is 5.62. The second kappa shape index (κ2) is 8.54. The first-order valence-corrected chi connectivity index (χ1v) is 8.67. The van der Waals surface area contributed by atoms with Crippen molar-refractivity contribution in [3.8, 4) is 23.0 Å². The highest BCUT2D eigenvalue weighted by Crippen LogP contribution is 2.22. The molecule has 0 bridgehead atoms. The number of benzene rings is 2. The molecule has 136 valence electrons. The fourth-order valence-corrected chi connectivity index (χ4v) is 2.75. The van der Waals surface area contributed by atoms with E-state index in [1.165, 1.54) is 5.56 Å². The van der Waals surface area contributed by atoms with Crippen molar-refractivity contribution in [2.24, 2.45) is 0 Å². The van der Waals surface area contributed by atoms with E-state index in [4.69, 9.17) is 13.9 Å². The van der Waals surface area contributed by atoms with Crippen molar-refractivity contribution in [3.63, 3.8) is 0 Å². The second-order valence-corrected chi connectivity index (χ2v) is 6.12. The van der Waals surface area contributed by atoms with Gasteiger partial charge in [0.25, 0.3) is 0 Å². The molecule has 0 spiro atoms. The molecule has 0 aliphatic heterocycles. The summed E-state index contributed by atoms with van der Waals surface area (Å²) in [6.45, 7) is 4.21. The number of hydrogen-bond acceptors (Lipinski definition) is 5. The van der Waals surface area contributed by atoms with Gasteiger partial charge in [0.15, 0.2) is 0 Å². The lowest BCUT2D eigenvalue weighted by Gasteiger charge is -2.15. The summed E-state index contributed by atoms with van der Waals surface area (Å²) >= 11 is 0. The standard InChI is InChI=1S/C21H24N2O3/c1-4-25-20-9-5-16(6-10-20)13-23(2)14-18-15-26-21(22-18)17-7-11-19(24-3)12-8-17/h5-12,15H,4,13-14H2,1-3H3. The second-order valence-electron chi connectivity index (χ2n) is 6.12. The van der Waals surface area contributed by atoms with Crippen LogP contribution in [0.3, 0.4) is 0 Å². The topological polar surface area (TPSA) is 47.7 Å². The molecule has 0 fully saturated rings. The van der Waals surface area contributed by atoms with Crippen molar-refractivity contribution in [3.05, 3.63) is 66.1 Å². The fraction of sp³-hybridized carbons (Fsp3) is 0.286. The lowest BCUT2D eigenvalue weighted by molar-refractivity contribution is 0.314. The van der Waals surface area contributed by atoms with Crippen LogP contribution in [0.25, 0.3) is 11.5 Å². The van der Waals surface area contributed by atoms with Gasteiger partial charge in [0, 0.05) is 18.7 Å². The largest absolute Gasteiger partial charge is 0.497 e. The molecule has 0 N–H and O–H groups in total. The molecule has 0 aliphatic rings. The SMILES string of the molecule is CCOc1ccc(CN(C)Cc2coc(-c3ccc(OC)cc3)n2)cc1. The van der Waals surface area contributed by atoms with Crippen LogP contribution in [0.5, 0.6) is 11.5 Å². The Morgan fingerprint density at radius 1 is 0.962 bits per heavy atom. The molecule has 1 heterocycles. The Labute approximate surface area is 154 Å². The van der Waals surface area contributed by atoms with Crippen LogP contribution in [-0.2, 0) is 13.1 Å². The van der Waals surface area contributed by atoms with Crippen molar-refractivity contribution >= 4 is 0 Å². The van der Waals surface area contributed by atoms with E-state index in [0.717, 1.165) is 29.3 Å². The third kappa shape index (κ3) is 4.64. The zero-order chi connectivity index (χ0) is 18.4. The summed E-state index contributed by atoms with van der Waals surface area (Å²) in [4.78, 5) is 6.79. The molecule has 5 nitrogen and oxygen atoms in total. The van der Waals surface area contributed by atoms with Gasteiger partial charge in [-0.3, -0.25) is 4.90 Å². The van der Waals surface area contributed by atoms with E-state index in [1.54, 1.807) is 13.4 Å². The van der Waals surface area contributed by atoms with Crippen molar-refractivity contribution < 1.29 is 13.9 Å². The Hall–Kier alpha value is -2.79. The van der Waals surface area contributed by atoms with Crippen LogP contribution in [0.2, 0.25) is 0 Å². The normalized spacial score (nSPS) is 10.9. The quantitative estimate of drug-likeness (QED) is 0.602. The van der Waals surface area contributed by atoms with Gasteiger partial charge < -0.3 is 13.9 Å². The van der Waals surface area contributed by atoms with Gasteiger partial charge in [-0.15, -0.1) is 0 Å². The monoisotopic (exact) mass is 352 g/mol. The zero-order valence-electron chi connectivity index (χ0n) is 15.4. The highest BCUT2D eigenvalue weighted by atomic mass is 16.5. The Morgan fingerprint density at radius 3 is 2.31 bits per heavy atom. The number of nitrogens with zero attached hydrogens (tertiary/aromatic N) is 2. The van der Waals surface area contributed by atoms with E-state index in [0.29, 0.717) is 19.0 Å². The number of ether oxygens (including phenoxy) is 2. The number of aromatic nitrogens is 1. The van der Waals surface area contributed by atoms with Crippen molar-refractivity contribution in [2.45, 2.75) is 20.0 Å². The van der Waals surface area contributed by atoms with E-state index in [1.807, 2.05) is 43.3 Å². The molecule has 0 saturated heterocycles. The highest BCUT2D eigenvalue weighted by Gasteiger charge is 2.09. The molecule has 0 saturated carbocycles. The average molecular weight is 352 g/mol. The molecular formula is C21H24N2O3. The smallest absolute Gasteiger partial charge is 0.226 e. The van der Waals surface area contributed by atoms with Crippen LogP contribution < -0.4 is 9.47 Å². The van der Waals surface area contributed by atoms with Crippen LogP contribution in [0.4, 0.5) is 0 Å². The van der Waals surface area contributed by atoms with Gasteiger partial charge in [-0.05, 0) is 55.9 Å². The molecule has 3 aromatic rings. The molecule has 2 aromatic carbocycles. The van der Waals surface area contributed by atoms with Crippen LogP contribution in [-0.4, -0.2) is 30.6 Å². The van der Waals surface area contributed by atoms with Gasteiger partial charge in [0.05, 0.1) is 19.4 Å². The predicted octanol–water partition coefficient (Wildman–Crippen LogP) is 4.38. The minimum absolute atomic E-state index is 0.622. The minimum Gasteiger partial charge on any atom is -0.497 e. The van der Waals surface area contributed by atoms with E-state index >= 15 is 0 Å². The summed E-state index contributed by atoms with van der Waals surface area (Å²) in [6, 6.07) is 15.9. The molecule has 5 heteroatoms. The predicted molar refractivity (Wildman–Crippen MR) is 101 cm³/mol. The van der Waals surface area contributed by atoms with Gasteiger partial charge >= 0.3 is 0 Å². The maximum Gasteiger partial charge on any atom is 0.226 e. The number of rotatable bonds is 8. The van der Waals surface area contributed by atoms with Gasteiger partial charge in [0.2, 0.25) is 5.89 Å². The third-order valence-electron chi connectivity index (χ3n) is 4.01. The average Bonchev–Trinajstić information content (AvgIpc) is 3.12. The van der Waals surface area contributed by atoms with E-state index < -0.39 is 0 Å². The van der Waals surface area contributed by atoms with E-state index in [2.05, 4.69) is 29.1 Å². The van der Waals surface area contributed by atoms with E-state index in [-0.39, 0.29) is 0 Å². The summed E-state index contributed by atoms with van der Waals surface area (Å²) in [5.74, 6) is 2.34. The molecule has 0 radical (unpaired) electrons. The fourth-order valence-electron chi connectivity index (χ4n) is 2.75. The summed E-state index contributed by atoms with van der Waals surface area (Å²) in [7, 11) is 3.72. The molecule has 3 rings (SSSR count). The van der Waals surface area contributed by atoms with Crippen molar-refractivity contribution in [2.75, 3.05) is 20.8 Å². The number of methoxy groups -OCH3 is 1. The summed E-state index contributed by atoms with van der Waals surface area (Å²) < 4.78 is 16.3. The third-order valence-corrected chi connectivity index (χ3v) is 4.01. The molecule has 0 amide bonds. The van der Waals surface area contributed by atoms with Gasteiger partial charge in [-0.1, -0.05) is 12.1 Å². The molecule has 1 aromatic heterocycles.